The maximum absolute atomic E-state index is 5.37. The maximum Gasteiger partial charge on any atom is 0.187 e. The monoisotopic (exact) mass is 164 g/mol. The average Bonchev–Trinajstić information content (AvgIpc) is 1.84. The highest BCUT2D eigenvalue weighted by atomic mass is 32.2. The van der Waals surface area contributed by atoms with Crippen molar-refractivity contribution in [3.05, 3.63) is 0 Å². The summed E-state index contributed by atoms with van der Waals surface area (Å²) in [5.41, 5.74) is 0. The average molecular weight is 164 g/mol. The van der Waals surface area contributed by atoms with E-state index in [0.29, 0.717) is 0 Å². The molecule has 0 rings (SSSR count). The Labute approximate surface area is 63.3 Å². The van der Waals surface area contributed by atoms with E-state index in [2.05, 4.69) is 19.3 Å². The van der Waals surface area contributed by atoms with Gasteiger partial charge < -0.3 is 4.43 Å². The molecule has 0 atom stereocenters. The van der Waals surface area contributed by atoms with Crippen LogP contribution in [0.25, 0.3) is 0 Å². The van der Waals surface area contributed by atoms with Crippen molar-refractivity contribution in [1.29, 1.82) is 0 Å². The van der Waals surface area contributed by atoms with Gasteiger partial charge in [-0.05, 0) is 31.1 Å². The van der Waals surface area contributed by atoms with Gasteiger partial charge in [-0.2, -0.15) is 11.8 Å². The Morgan fingerprint density at radius 3 is 2.33 bits per heavy atom. The maximum atomic E-state index is 5.37. The largest absolute Gasteiger partial charge is 0.420 e. The first-order valence-electron chi connectivity index (χ1n) is 3.16. The second kappa shape index (κ2) is 4.36. The summed E-state index contributed by atoms with van der Waals surface area (Å²) in [5.74, 6) is 1.24. The molecule has 0 saturated carbocycles. The zero-order chi connectivity index (χ0) is 7.33. The van der Waals surface area contributed by atoms with Crippen LogP contribution in [0.15, 0.2) is 0 Å². The second-order valence-electron chi connectivity index (χ2n) is 2.71. The zero-order valence-electron chi connectivity index (χ0n) is 6.73. The van der Waals surface area contributed by atoms with Crippen LogP contribution in [-0.2, 0) is 4.43 Å². The van der Waals surface area contributed by atoms with Crippen LogP contribution in [0.3, 0.4) is 0 Å². The van der Waals surface area contributed by atoms with Crippen LogP contribution < -0.4 is 0 Å². The van der Waals surface area contributed by atoms with E-state index in [9.17, 15) is 0 Å². The third-order valence-corrected chi connectivity index (χ3v) is 4.99. The molecule has 0 aliphatic heterocycles. The molecule has 1 nitrogen and oxygen atoms in total. The molecule has 9 heavy (non-hydrogen) atoms. The highest BCUT2D eigenvalue weighted by Crippen LogP contribution is 2.12. The van der Waals surface area contributed by atoms with Crippen LogP contribution in [0.5, 0.6) is 0 Å². The molecule has 56 valence electrons. The summed E-state index contributed by atoms with van der Waals surface area (Å²) in [6, 6.07) is 1.27. The van der Waals surface area contributed by atoms with Gasteiger partial charge in [-0.25, -0.2) is 0 Å². The third-order valence-electron chi connectivity index (χ3n) is 1.46. The molecule has 0 aliphatic rings. The molecule has 0 radical (unpaired) electrons. The first-order valence-corrected chi connectivity index (χ1v) is 7.67. The van der Waals surface area contributed by atoms with Gasteiger partial charge in [0, 0.05) is 7.11 Å². The molecule has 0 saturated heterocycles. The molecule has 3 heteroatoms. The molecule has 0 amide bonds. The Morgan fingerprint density at radius 2 is 2.00 bits per heavy atom. The fourth-order valence-electron chi connectivity index (χ4n) is 0.450. The van der Waals surface area contributed by atoms with E-state index in [1.807, 2.05) is 18.9 Å². The van der Waals surface area contributed by atoms with Crippen molar-refractivity contribution in [3.8, 4) is 0 Å². The van der Waals surface area contributed by atoms with Crippen molar-refractivity contribution in [2.24, 2.45) is 0 Å². The summed E-state index contributed by atoms with van der Waals surface area (Å²) in [7, 11) is 0.607. The Bertz CT molecular complexity index is 75.5. The fraction of sp³-hybridized carbons (Fsp3) is 1.00. The lowest BCUT2D eigenvalue weighted by molar-refractivity contribution is 0.405. The fourth-order valence-corrected chi connectivity index (χ4v) is 3.44. The summed E-state index contributed by atoms with van der Waals surface area (Å²) in [6.45, 7) is 4.51. The van der Waals surface area contributed by atoms with Crippen molar-refractivity contribution < 1.29 is 4.43 Å². The topological polar surface area (TPSA) is 9.23 Å². The normalized spacial score (nSPS) is 12.0. The minimum Gasteiger partial charge on any atom is -0.420 e. The quantitative estimate of drug-likeness (QED) is 0.589. The van der Waals surface area contributed by atoms with E-state index >= 15 is 0 Å². The number of rotatable bonds is 4. The van der Waals surface area contributed by atoms with Gasteiger partial charge in [0.25, 0.3) is 0 Å². The highest BCUT2D eigenvalue weighted by molar-refractivity contribution is 7.98. The molecule has 0 heterocycles. The van der Waals surface area contributed by atoms with Crippen LogP contribution in [0.1, 0.15) is 0 Å². The highest BCUT2D eigenvalue weighted by Gasteiger charge is 2.18. The first kappa shape index (κ1) is 9.53. The van der Waals surface area contributed by atoms with Crippen molar-refractivity contribution >= 4 is 20.1 Å². The molecular formula is C6H16OSSi. The van der Waals surface area contributed by atoms with Crippen LogP contribution in [0.2, 0.25) is 19.1 Å². The second-order valence-corrected chi connectivity index (χ2v) is 8.12. The van der Waals surface area contributed by atoms with Gasteiger partial charge in [-0.15, -0.1) is 0 Å². The van der Waals surface area contributed by atoms with Crippen molar-refractivity contribution in [3.63, 3.8) is 0 Å². The molecule has 0 aliphatic carbocycles. The molecule has 0 spiro atoms. The van der Waals surface area contributed by atoms with E-state index in [1.54, 1.807) is 0 Å². The summed E-state index contributed by atoms with van der Waals surface area (Å²) < 4.78 is 5.37. The molecule has 0 N–H and O–H groups in total. The van der Waals surface area contributed by atoms with E-state index in [-0.39, 0.29) is 0 Å². The molecule has 0 unspecified atom stereocenters. The number of hydrogen-bond acceptors (Lipinski definition) is 2. The minimum absolute atomic E-state index is 1.22. The van der Waals surface area contributed by atoms with Crippen LogP contribution in [-0.4, -0.2) is 27.4 Å². The van der Waals surface area contributed by atoms with Gasteiger partial charge in [0.15, 0.2) is 8.32 Å². The Hall–Kier alpha value is 0.527. The van der Waals surface area contributed by atoms with Crippen LogP contribution in [0, 0.1) is 0 Å². The van der Waals surface area contributed by atoms with Crippen molar-refractivity contribution in [2.45, 2.75) is 19.1 Å². The van der Waals surface area contributed by atoms with Gasteiger partial charge in [-0.3, -0.25) is 0 Å². The van der Waals surface area contributed by atoms with E-state index in [1.165, 1.54) is 11.8 Å². The van der Waals surface area contributed by atoms with Crippen LogP contribution in [0.4, 0.5) is 0 Å². The number of thioether (sulfide) groups is 1. The summed E-state index contributed by atoms with van der Waals surface area (Å²) in [4.78, 5) is 0. The van der Waals surface area contributed by atoms with Crippen molar-refractivity contribution in [1.82, 2.24) is 0 Å². The first-order chi connectivity index (χ1) is 4.12. The molecule has 0 bridgehead atoms. The third kappa shape index (κ3) is 5.00. The van der Waals surface area contributed by atoms with Crippen molar-refractivity contribution in [2.75, 3.05) is 19.1 Å². The number of hydrogen-bond donors (Lipinski definition) is 0. The SMILES string of the molecule is CO[Si](C)(C)CCSC. The molecule has 0 aromatic rings. The minimum atomic E-state index is -1.22. The predicted molar refractivity (Wildman–Crippen MR) is 47.7 cm³/mol. The van der Waals surface area contributed by atoms with Gasteiger partial charge >= 0.3 is 0 Å². The molecule has 0 aromatic carbocycles. The summed E-state index contributed by atoms with van der Waals surface area (Å²) >= 11 is 1.90. The zero-order valence-corrected chi connectivity index (χ0v) is 8.55. The van der Waals surface area contributed by atoms with E-state index in [4.69, 9.17) is 4.43 Å². The van der Waals surface area contributed by atoms with E-state index < -0.39 is 8.32 Å². The lowest BCUT2D eigenvalue weighted by Crippen LogP contribution is -2.28. The van der Waals surface area contributed by atoms with Gasteiger partial charge in [0.05, 0.1) is 0 Å². The standard InChI is InChI=1S/C6H16OSSi/c1-7-9(3,4)6-5-8-2/h5-6H2,1-4H3. The lowest BCUT2D eigenvalue weighted by atomic mass is 11.0. The predicted octanol–water partition coefficient (Wildman–Crippen LogP) is 2.20. The van der Waals surface area contributed by atoms with Gasteiger partial charge in [0.1, 0.15) is 0 Å². The molecule has 0 aromatic heterocycles. The smallest absolute Gasteiger partial charge is 0.187 e. The Morgan fingerprint density at radius 1 is 1.44 bits per heavy atom. The van der Waals surface area contributed by atoms with E-state index in [0.717, 1.165) is 0 Å². The lowest BCUT2D eigenvalue weighted by Gasteiger charge is -2.18. The van der Waals surface area contributed by atoms with Crippen LogP contribution >= 0.6 is 11.8 Å². The summed E-state index contributed by atoms with van der Waals surface area (Å²) in [5, 5.41) is 0. The van der Waals surface area contributed by atoms with Gasteiger partial charge in [-0.1, -0.05) is 0 Å². The molecular weight excluding hydrogens is 148 g/mol. The molecule has 0 fully saturated rings. The summed E-state index contributed by atoms with van der Waals surface area (Å²) in [6.07, 6.45) is 2.14. The van der Waals surface area contributed by atoms with Gasteiger partial charge in [0.2, 0.25) is 0 Å². The Balaban J connectivity index is 3.33. The Kier molecular flexibility index (Phi) is 4.61.